The topological polar surface area (TPSA) is 54.2 Å². The van der Waals surface area contributed by atoms with Crippen LogP contribution >= 0.6 is 35.6 Å². The van der Waals surface area contributed by atoms with E-state index in [1.807, 2.05) is 43.7 Å². The van der Waals surface area contributed by atoms with Gasteiger partial charge in [0, 0.05) is 36.9 Å². The van der Waals surface area contributed by atoms with Crippen molar-refractivity contribution >= 4 is 41.5 Å². The number of nitrogens with one attached hydrogen (secondary N) is 2. The average Bonchev–Trinajstić information content (AvgIpc) is 2.92. The monoisotopic (exact) mass is 447 g/mol. The van der Waals surface area contributed by atoms with Crippen molar-refractivity contribution in [3.63, 3.8) is 0 Å². The smallest absolute Gasteiger partial charge is 0.191 e. The third-order valence-corrected chi connectivity index (χ3v) is 3.39. The molecule has 0 amide bonds. The lowest BCUT2D eigenvalue weighted by Gasteiger charge is -2.11. The third kappa shape index (κ3) is 7.22. The normalized spacial score (nSPS) is 11.0. The van der Waals surface area contributed by atoms with Gasteiger partial charge in [0.1, 0.15) is 0 Å². The van der Waals surface area contributed by atoms with Gasteiger partial charge in [-0.3, -0.25) is 4.68 Å². The summed E-state index contributed by atoms with van der Waals surface area (Å²) in [6, 6.07) is 7.92. The van der Waals surface area contributed by atoms with Gasteiger partial charge in [0.2, 0.25) is 0 Å². The van der Waals surface area contributed by atoms with Crippen LogP contribution in [0.25, 0.3) is 0 Å². The highest BCUT2D eigenvalue weighted by Gasteiger charge is 2.00. The first kappa shape index (κ1) is 19.8. The zero-order valence-corrected chi connectivity index (χ0v) is 16.5. The summed E-state index contributed by atoms with van der Waals surface area (Å²) in [6.45, 7) is 4.32. The lowest BCUT2D eigenvalue weighted by Crippen LogP contribution is -2.38. The average molecular weight is 448 g/mol. The molecule has 0 spiro atoms. The lowest BCUT2D eigenvalue weighted by atomic mass is 10.1. The molecule has 0 atom stereocenters. The van der Waals surface area contributed by atoms with Crippen LogP contribution < -0.4 is 10.6 Å². The SMILES string of the molecule is CCNC(=NCc1cnn(C)c1)NCCc1ccc(Cl)cc1.I. The fourth-order valence-corrected chi connectivity index (χ4v) is 2.17. The van der Waals surface area contributed by atoms with E-state index in [9.17, 15) is 0 Å². The second kappa shape index (κ2) is 10.5. The molecule has 0 bridgehead atoms. The zero-order chi connectivity index (χ0) is 15.8. The maximum atomic E-state index is 5.89. The van der Waals surface area contributed by atoms with Crippen molar-refractivity contribution in [3.8, 4) is 0 Å². The molecule has 126 valence electrons. The van der Waals surface area contributed by atoms with Crippen LogP contribution in [0.1, 0.15) is 18.1 Å². The summed E-state index contributed by atoms with van der Waals surface area (Å²) in [4.78, 5) is 4.56. The predicted octanol–water partition coefficient (Wildman–Crippen LogP) is 2.99. The Bertz CT molecular complexity index is 609. The van der Waals surface area contributed by atoms with Gasteiger partial charge in [0.05, 0.1) is 12.7 Å². The minimum absolute atomic E-state index is 0. The second-order valence-corrected chi connectivity index (χ2v) is 5.46. The third-order valence-electron chi connectivity index (χ3n) is 3.14. The number of halogens is 2. The summed E-state index contributed by atoms with van der Waals surface area (Å²) in [7, 11) is 1.91. The Morgan fingerprint density at radius 1 is 1.22 bits per heavy atom. The van der Waals surface area contributed by atoms with Crippen molar-refractivity contribution < 1.29 is 0 Å². The maximum absolute atomic E-state index is 5.89. The number of aliphatic imine (C=N–C) groups is 1. The van der Waals surface area contributed by atoms with Crippen LogP contribution in [0.4, 0.5) is 0 Å². The maximum Gasteiger partial charge on any atom is 0.191 e. The van der Waals surface area contributed by atoms with Crippen LogP contribution in [0.15, 0.2) is 41.7 Å². The second-order valence-electron chi connectivity index (χ2n) is 5.02. The molecular formula is C16H23ClIN5. The van der Waals surface area contributed by atoms with Crippen LogP contribution in [0.3, 0.4) is 0 Å². The van der Waals surface area contributed by atoms with Crippen molar-refractivity contribution in [2.24, 2.45) is 12.0 Å². The Morgan fingerprint density at radius 2 is 1.96 bits per heavy atom. The Hall–Kier alpha value is -1.28. The van der Waals surface area contributed by atoms with Gasteiger partial charge >= 0.3 is 0 Å². The fourth-order valence-electron chi connectivity index (χ4n) is 2.04. The molecule has 2 aromatic rings. The van der Waals surface area contributed by atoms with Crippen LogP contribution in [0.5, 0.6) is 0 Å². The van der Waals surface area contributed by atoms with E-state index in [1.165, 1.54) is 5.56 Å². The quantitative estimate of drug-likeness (QED) is 0.407. The Kier molecular flexibility index (Phi) is 9.01. The number of rotatable bonds is 6. The zero-order valence-electron chi connectivity index (χ0n) is 13.4. The van der Waals surface area contributed by atoms with Crippen molar-refractivity contribution in [1.29, 1.82) is 0 Å². The van der Waals surface area contributed by atoms with Gasteiger partial charge in [-0.15, -0.1) is 24.0 Å². The molecule has 7 heteroatoms. The molecule has 1 aromatic carbocycles. The molecule has 2 rings (SSSR count). The van der Waals surface area contributed by atoms with Crippen molar-refractivity contribution in [1.82, 2.24) is 20.4 Å². The molecule has 0 saturated heterocycles. The van der Waals surface area contributed by atoms with Gasteiger partial charge < -0.3 is 10.6 Å². The van der Waals surface area contributed by atoms with Gasteiger partial charge in [-0.1, -0.05) is 23.7 Å². The minimum Gasteiger partial charge on any atom is -0.357 e. The van der Waals surface area contributed by atoms with E-state index in [-0.39, 0.29) is 24.0 Å². The fraction of sp³-hybridized carbons (Fsp3) is 0.375. The van der Waals surface area contributed by atoms with Crippen LogP contribution in [-0.4, -0.2) is 28.8 Å². The molecule has 0 aliphatic rings. The summed E-state index contributed by atoms with van der Waals surface area (Å²) >= 11 is 5.89. The van der Waals surface area contributed by atoms with Gasteiger partial charge in [0.15, 0.2) is 5.96 Å². The van der Waals surface area contributed by atoms with Crippen LogP contribution in [0, 0.1) is 0 Å². The number of aromatic nitrogens is 2. The Balaban J connectivity index is 0.00000264. The van der Waals surface area contributed by atoms with E-state index in [1.54, 1.807) is 4.68 Å². The highest BCUT2D eigenvalue weighted by Crippen LogP contribution is 2.09. The van der Waals surface area contributed by atoms with Crippen molar-refractivity contribution in [3.05, 3.63) is 52.8 Å². The molecular weight excluding hydrogens is 425 g/mol. The van der Waals surface area contributed by atoms with E-state index >= 15 is 0 Å². The molecule has 0 aliphatic carbocycles. The molecule has 0 aliphatic heterocycles. The van der Waals surface area contributed by atoms with Gasteiger partial charge in [-0.05, 0) is 31.0 Å². The molecule has 2 N–H and O–H groups in total. The first-order valence-electron chi connectivity index (χ1n) is 7.41. The van der Waals surface area contributed by atoms with Crippen molar-refractivity contribution in [2.75, 3.05) is 13.1 Å². The number of guanidine groups is 1. The number of hydrogen-bond donors (Lipinski definition) is 2. The highest BCUT2D eigenvalue weighted by molar-refractivity contribution is 14.0. The van der Waals surface area contributed by atoms with Gasteiger partial charge in [0.25, 0.3) is 0 Å². The predicted molar refractivity (Wildman–Crippen MR) is 107 cm³/mol. The molecule has 23 heavy (non-hydrogen) atoms. The van der Waals surface area contributed by atoms with Crippen molar-refractivity contribution in [2.45, 2.75) is 19.9 Å². The Labute approximate surface area is 159 Å². The molecule has 0 fully saturated rings. The van der Waals surface area contributed by atoms with Gasteiger partial charge in [-0.2, -0.15) is 5.10 Å². The minimum atomic E-state index is 0. The van der Waals surface area contributed by atoms with E-state index < -0.39 is 0 Å². The first-order valence-corrected chi connectivity index (χ1v) is 7.79. The van der Waals surface area contributed by atoms with E-state index in [2.05, 4.69) is 27.6 Å². The summed E-state index contributed by atoms with van der Waals surface area (Å²) < 4.78 is 1.78. The number of hydrogen-bond acceptors (Lipinski definition) is 2. The molecule has 0 unspecified atom stereocenters. The lowest BCUT2D eigenvalue weighted by molar-refractivity contribution is 0.766. The van der Waals surface area contributed by atoms with E-state index in [4.69, 9.17) is 11.6 Å². The molecule has 0 saturated carbocycles. The summed E-state index contributed by atoms with van der Waals surface area (Å²) in [5, 5.41) is 11.5. The largest absolute Gasteiger partial charge is 0.357 e. The number of aryl methyl sites for hydroxylation is 1. The Morgan fingerprint density at radius 3 is 2.57 bits per heavy atom. The summed E-state index contributed by atoms with van der Waals surface area (Å²) in [5.74, 6) is 0.820. The molecule has 5 nitrogen and oxygen atoms in total. The van der Waals surface area contributed by atoms with E-state index in [0.29, 0.717) is 6.54 Å². The standard InChI is InChI=1S/C16H22ClN5.HI/c1-3-18-16(20-10-14-11-21-22(2)12-14)19-9-8-13-4-6-15(17)7-5-13;/h4-7,11-12H,3,8-10H2,1-2H3,(H2,18,19,20);1H. The van der Waals surface area contributed by atoms with Crippen LogP contribution in [0.2, 0.25) is 5.02 Å². The molecule has 1 aromatic heterocycles. The molecule has 1 heterocycles. The summed E-state index contributed by atoms with van der Waals surface area (Å²) in [5.41, 5.74) is 2.34. The molecule has 0 radical (unpaired) electrons. The van der Waals surface area contributed by atoms with Gasteiger partial charge in [-0.25, -0.2) is 4.99 Å². The van der Waals surface area contributed by atoms with Crippen LogP contribution in [-0.2, 0) is 20.0 Å². The highest BCUT2D eigenvalue weighted by atomic mass is 127. The summed E-state index contributed by atoms with van der Waals surface area (Å²) in [6.07, 6.45) is 4.73. The number of nitrogens with zero attached hydrogens (tertiary/aromatic N) is 3. The number of benzene rings is 1. The van der Waals surface area contributed by atoms with E-state index in [0.717, 1.165) is 36.1 Å². The first-order chi connectivity index (χ1) is 10.7.